The highest BCUT2D eigenvalue weighted by molar-refractivity contribution is 7.89. The van der Waals surface area contributed by atoms with Crippen molar-refractivity contribution < 1.29 is 8.42 Å². The van der Waals surface area contributed by atoms with Crippen LogP contribution in [0.25, 0.3) is 10.8 Å². The predicted octanol–water partition coefficient (Wildman–Crippen LogP) is 4.32. The minimum atomic E-state index is -3.66. The highest BCUT2D eigenvalue weighted by atomic mass is 32.2. The highest BCUT2D eigenvalue weighted by Gasteiger charge is 2.60. The molecule has 1 N–H and O–H groups in total. The Morgan fingerprint density at radius 2 is 1.80 bits per heavy atom. The average molecular weight is 356 g/mol. The number of benzene rings is 2. The van der Waals surface area contributed by atoms with Crippen LogP contribution in [0, 0.1) is 16.7 Å². The fourth-order valence-electron chi connectivity index (χ4n) is 4.60. The number of hydrogen-bond donors (Lipinski definition) is 1. The molecule has 0 aliphatic heterocycles. The molecule has 2 aliphatic carbocycles. The SMILES string of the molecule is CC1(C)[C@H]2CC[C@]1(C)/C(=N/NS(=O)(=O)c1ccc3ccccc3c1)C2. The summed E-state index contributed by atoms with van der Waals surface area (Å²) in [5.74, 6) is 0.599. The number of nitrogens with zero attached hydrogens (tertiary/aromatic N) is 1. The van der Waals surface area contributed by atoms with Crippen LogP contribution in [-0.4, -0.2) is 14.1 Å². The smallest absolute Gasteiger partial charge is 0.200 e. The molecule has 2 aliphatic rings. The normalized spacial score (nSPS) is 29.4. The average Bonchev–Trinajstić information content (AvgIpc) is 2.93. The summed E-state index contributed by atoms with van der Waals surface area (Å²) in [5.41, 5.74) is 1.17. The second-order valence-corrected chi connectivity index (χ2v) is 9.82. The molecular formula is C20H24N2O2S. The first-order valence-corrected chi connectivity index (χ1v) is 10.3. The number of nitrogens with one attached hydrogen (secondary N) is 1. The lowest BCUT2D eigenvalue weighted by molar-refractivity contribution is 0.193. The third kappa shape index (κ3) is 2.40. The zero-order chi connectivity index (χ0) is 17.9. The number of hydrogen-bond acceptors (Lipinski definition) is 3. The monoisotopic (exact) mass is 356 g/mol. The van der Waals surface area contributed by atoms with Crippen molar-refractivity contribution in [3.05, 3.63) is 42.5 Å². The molecule has 2 bridgehead atoms. The maximum atomic E-state index is 12.7. The van der Waals surface area contributed by atoms with Gasteiger partial charge in [-0.1, -0.05) is 51.1 Å². The largest absolute Gasteiger partial charge is 0.276 e. The van der Waals surface area contributed by atoms with Crippen LogP contribution in [0.2, 0.25) is 0 Å². The van der Waals surface area contributed by atoms with Crippen LogP contribution < -0.4 is 4.83 Å². The molecule has 0 heterocycles. The van der Waals surface area contributed by atoms with E-state index in [1.807, 2.05) is 30.3 Å². The van der Waals surface area contributed by atoms with Crippen molar-refractivity contribution in [2.45, 2.75) is 44.9 Å². The Morgan fingerprint density at radius 3 is 2.44 bits per heavy atom. The van der Waals surface area contributed by atoms with Gasteiger partial charge in [-0.3, -0.25) is 0 Å². The number of hydrazone groups is 1. The van der Waals surface area contributed by atoms with Gasteiger partial charge < -0.3 is 0 Å². The Morgan fingerprint density at radius 1 is 1.08 bits per heavy atom. The van der Waals surface area contributed by atoms with Gasteiger partial charge in [0.1, 0.15) is 0 Å². The minimum Gasteiger partial charge on any atom is -0.200 e. The van der Waals surface area contributed by atoms with Crippen LogP contribution in [-0.2, 0) is 10.0 Å². The zero-order valence-electron chi connectivity index (χ0n) is 14.9. The lowest BCUT2D eigenvalue weighted by Crippen LogP contribution is -2.34. The summed E-state index contributed by atoms with van der Waals surface area (Å²) < 4.78 is 25.4. The first-order chi connectivity index (χ1) is 11.7. The van der Waals surface area contributed by atoms with E-state index in [1.165, 1.54) is 6.42 Å². The van der Waals surface area contributed by atoms with Crippen LogP contribution in [0.3, 0.4) is 0 Å². The molecule has 2 atom stereocenters. The van der Waals surface area contributed by atoms with E-state index in [0.717, 1.165) is 29.3 Å². The van der Waals surface area contributed by atoms with Crippen molar-refractivity contribution in [2.75, 3.05) is 0 Å². The van der Waals surface area contributed by atoms with Gasteiger partial charge in [0.25, 0.3) is 10.0 Å². The molecule has 0 unspecified atom stereocenters. The van der Waals surface area contributed by atoms with E-state index >= 15 is 0 Å². The van der Waals surface area contributed by atoms with Gasteiger partial charge in [-0.15, -0.1) is 0 Å². The Balaban J connectivity index is 1.64. The number of rotatable bonds is 3. The Labute approximate surface area is 149 Å². The van der Waals surface area contributed by atoms with Crippen LogP contribution >= 0.6 is 0 Å². The number of fused-ring (bicyclic) bond motifs is 3. The molecule has 5 heteroatoms. The summed E-state index contributed by atoms with van der Waals surface area (Å²) >= 11 is 0. The van der Waals surface area contributed by atoms with Gasteiger partial charge in [-0.25, -0.2) is 4.83 Å². The molecule has 0 amide bonds. The quantitative estimate of drug-likeness (QED) is 0.833. The standard InChI is InChI=1S/C20H24N2O2S/c1-19(2)16-10-11-20(19,3)18(13-16)21-22-25(23,24)17-9-8-14-6-4-5-7-15(14)12-17/h4-9,12,16,22H,10-11,13H2,1-3H3/b21-18+/t16-,20+/m0/s1. The summed E-state index contributed by atoms with van der Waals surface area (Å²) in [5, 5.41) is 6.31. The van der Waals surface area contributed by atoms with Crippen LogP contribution in [0.4, 0.5) is 0 Å². The van der Waals surface area contributed by atoms with Gasteiger partial charge in [-0.2, -0.15) is 13.5 Å². The zero-order valence-corrected chi connectivity index (χ0v) is 15.7. The number of sulfonamides is 1. The van der Waals surface area contributed by atoms with E-state index in [9.17, 15) is 8.42 Å². The van der Waals surface area contributed by atoms with Gasteiger partial charge in [0.15, 0.2) is 0 Å². The maximum absolute atomic E-state index is 12.7. The van der Waals surface area contributed by atoms with Crippen molar-refractivity contribution in [2.24, 2.45) is 21.8 Å². The first kappa shape index (κ1) is 16.6. The van der Waals surface area contributed by atoms with Gasteiger partial charge in [0.2, 0.25) is 0 Å². The fraction of sp³-hybridized carbons (Fsp3) is 0.450. The van der Waals surface area contributed by atoms with Crippen LogP contribution in [0.5, 0.6) is 0 Å². The molecule has 0 spiro atoms. The lowest BCUT2D eigenvalue weighted by atomic mass is 9.70. The first-order valence-electron chi connectivity index (χ1n) is 8.82. The van der Waals surface area contributed by atoms with Gasteiger partial charge in [-0.05, 0) is 53.5 Å². The Bertz CT molecular complexity index is 978. The molecule has 4 rings (SSSR count). The molecule has 25 heavy (non-hydrogen) atoms. The summed E-state index contributed by atoms with van der Waals surface area (Å²) in [6.45, 7) is 6.79. The topological polar surface area (TPSA) is 58.5 Å². The molecule has 4 nitrogen and oxygen atoms in total. The lowest BCUT2D eigenvalue weighted by Gasteiger charge is -2.34. The van der Waals surface area contributed by atoms with Crippen molar-refractivity contribution in [3.8, 4) is 0 Å². The Hall–Kier alpha value is -1.88. The minimum absolute atomic E-state index is 0.0103. The molecule has 132 valence electrons. The van der Waals surface area contributed by atoms with Crippen LogP contribution in [0.1, 0.15) is 40.0 Å². The molecule has 2 saturated carbocycles. The molecular weight excluding hydrogens is 332 g/mol. The molecule has 0 radical (unpaired) electrons. The molecule has 0 saturated heterocycles. The van der Waals surface area contributed by atoms with E-state index in [2.05, 4.69) is 30.7 Å². The van der Waals surface area contributed by atoms with Crippen molar-refractivity contribution in [1.29, 1.82) is 0 Å². The second-order valence-electron chi connectivity index (χ2n) is 8.16. The molecule has 2 aromatic rings. The molecule has 2 aromatic carbocycles. The van der Waals surface area contributed by atoms with E-state index < -0.39 is 10.0 Å². The summed E-state index contributed by atoms with van der Waals surface area (Å²) in [6, 6.07) is 12.9. The van der Waals surface area contributed by atoms with E-state index in [-0.39, 0.29) is 15.7 Å². The van der Waals surface area contributed by atoms with E-state index in [1.54, 1.807) is 12.1 Å². The van der Waals surface area contributed by atoms with Crippen LogP contribution in [0.15, 0.2) is 52.5 Å². The van der Waals surface area contributed by atoms with E-state index in [4.69, 9.17) is 0 Å². The highest BCUT2D eigenvalue weighted by Crippen LogP contribution is 2.63. The third-order valence-corrected chi connectivity index (χ3v) is 8.05. The molecule has 2 fully saturated rings. The summed E-state index contributed by atoms with van der Waals surface area (Å²) in [6.07, 6.45) is 3.19. The third-order valence-electron chi connectivity index (χ3n) is 6.84. The summed E-state index contributed by atoms with van der Waals surface area (Å²) in [7, 11) is -3.66. The fourth-order valence-corrected chi connectivity index (χ4v) is 5.47. The van der Waals surface area contributed by atoms with E-state index in [0.29, 0.717) is 5.92 Å². The second kappa shape index (κ2) is 5.31. The van der Waals surface area contributed by atoms with Crippen molar-refractivity contribution in [1.82, 2.24) is 4.83 Å². The molecule has 0 aromatic heterocycles. The van der Waals surface area contributed by atoms with Gasteiger partial charge >= 0.3 is 0 Å². The maximum Gasteiger partial charge on any atom is 0.276 e. The van der Waals surface area contributed by atoms with Crippen molar-refractivity contribution >= 4 is 26.5 Å². The van der Waals surface area contributed by atoms with Gasteiger partial charge in [0.05, 0.1) is 4.90 Å². The summed E-state index contributed by atoms with van der Waals surface area (Å²) in [4.78, 5) is 2.74. The van der Waals surface area contributed by atoms with Crippen molar-refractivity contribution in [3.63, 3.8) is 0 Å². The van der Waals surface area contributed by atoms with Gasteiger partial charge in [0, 0.05) is 11.1 Å². The predicted molar refractivity (Wildman–Crippen MR) is 101 cm³/mol. The Kier molecular flexibility index (Phi) is 3.52.